The second-order valence-electron chi connectivity index (χ2n) is 3.44. The second kappa shape index (κ2) is 4.25. The van der Waals surface area contributed by atoms with Crippen molar-refractivity contribution < 1.29 is 16.7 Å². The molecule has 2 aromatic rings. The minimum absolute atomic E-state index is 0.0214. The molecule has 0 unspecified atom stereocenters. The molecular formula is C12H8F2O2S. The third-order valence-corrected chi connectivity index (χ3v) is 3.17. The summed E-state index contributed by atoms with van der Waals surface area (Å²) in [7, 11) is -4.87. The lowest BCUT2D eigenvalue weighted by Crippen LogP contribution is -1.96. The fourth-order valence-corrected chi connectivity index (χ4v) is 2.23. The number of hydrogen-bond acceptors (Lipinski definition) is 2. The van der Waals surface area contributed by atoms with Crippen molar-refractivity contribution in [2.24, 2.45) is 0 Å². The summed E-state index contributed by atoms with van der Waals surface area (Å²) < 4.78 is 48.1. The van der Waals surface area contributed by atoms with Gasteiger partial charge < -0.3 is 0 Å². The summed E-state index contributed by atoms with van der Waals surface area (Å²) in [5, 5.41) is 0. The summed E-state index contributed by atoms with van der Waals surface area (Å²) in [6.45, 7) is 0. The molecule has 0 aromatic heterocycles. The van der Waals surface area contributed by atoms with Crippen molar-refractivity contribution in [3.63, 3.8) is 0 Å². The van der Waals surface area contributed by atoms with Gasteiger partial charge in [-0.05, 0) is 23.8 Å². The van der Waals surface area contributed by atoms with Crippen molar-refractivity contribution >= 4 is 10.2 Å². The summed E-state index contributed by atoms with van der Waals surface area (Å²) in [6.07, 6.45) is 0. The normalized spacial score (nSPS) is 11.4. The molecule has 0 amide bonds. The van der Waals surface area contributed by atoms with E-state index in [1.54, 1.807) is 30.3 Å². The molecule has 88 valence electrons. The van der Waals surface area contributed by atoms with Crippen LogP contribution in [0.5, 0.6) is 0 Å². The van der Waals surface area contributed by atoms with Crippen LogP contribution in [0.15, 0.2) is 53.4 Å². The van der Waals surface area contributed by atoms with Crippen molar-refractivity contribution in [2.75, 3.05) is 0 Å². The molecule has 0 fully saturated rings. The molecule has 0 aliphatic rings. The van der Waals surface area contributed by atoms with Gasteiger partial charge in [-0.1, -0.05) is 30.3 Å². The summed E-state index contributed by atoms with van der Waals surface area (Å²) in [5.74, 6) is -0.615. The van der Waals surface area contributed by atoms with Gasteiger partial charge in [0.1, 0.15) is 10.7 Å². The van der Waals surface area contributed by atoms with Crippen LogP contribution in [-0.4, -0.2) is 8.42 Å². The van der Waals surface area contributed by atoms with Gasteiger partial charge in [0, 0.05) is 5.56 Å². The smallest absolute Gasteiger partial charge is 0.207 e. The third kappa shape index (κ3) is 2.50. The van der Waals surface area contributed by atoms with Gasteiger partial charge in [0.2, 0.25) is 0 Å². The standard InChI is InChI=1S/C12H8F2O2S/c13-10-6-7-12(17(14,15)16)11(8-10)9-4-2-1-3-5-9/h1-8H. The number of hydrogen-bond donors (Lipinski definition) is 0. The van der Waals surface area contributed by atoms with E-state index in [2.05, 4.69) is 0 Å². The second-order valence-corrected chi connectivity index (χ2v) is 4.76. The molecule has 0 saturated heterocycles. The van der Waals surface area contributed by atoms with E-state index in [0.717, 1.165) is 18.2 Å². The van der Waals surface area contributed by atoms with Crippen LogP contribution in [0.1, 0.15) is 0 Å². The largest absolute Gasteiger partial charge is 0.332 e. The first-order chi connectivity index (χ1) is 7.98. The van der Waals surface area contributed by atoms with Gasteiger partial charge in [-0.2, -0.15) is 8.42 Å². The molecule has 0 bridgehead atoms. The molecule has 0 saturated carbocycles. The SMILES string of the molecule is O=S(=O)(F)c1ccc(F)cc1-c1ccccc1. The van der Waals surface area contributed by atoms with Gasteiger partial charge in [0.15, 0.2) is 0 Å². The van der Waals surface area contributed by atoms with Gasteiger partial charge in [-0.3, -0.25) is 0 Å². The van der Waals surface area contributed by atoms with Crippen LogP contribution in [-0.2, 0) is 10.2 Å². The summed E-state index contributed by atoms with van der Waals surface area (Å²) in [4.78, 5) is -0.523. The first-order valence-corrected chi connectivity index (χ1v) is 6.16. The van der Waals surface area contributed by atoms with E-state index in [0.29, 0.717) is 5.56 Å². The molecule has 0 radical (unpaired) electrons. The van der Waals surface area contributed by atoms with Crippen LogP contribution in [0.2, 0.25) is 0 Å². The maximum atomic E-state index is 13.1. The summed E-state index contributed by atoms with van der Waals surface area (Å²) in [6, 6.07) is 11.1. The van der Waals surface area contributed by atoms with Gasteiger partial charge in [0.25, 0.3) is 0 Å². The topological polar surface area (TPSA) is 34.1 Å². The highest BCUT2D eigenvalue weighted by Gasteiger charge is 2.18. The minimum Gasteiger partial charge on any atom is -0.207 e. The van der Waals surface area contributed by atoms with Crippen LogP contribution in [0.25, 0.3) is 11.1 Å². The lowest BCUT2D eigenvalue weighted by molar-refractivity contribution is 0.552. The van der Waals surface area contributed by atoms with E-state index in [4.69, 9.17) is 0 Å². The predicted molar refractivity (Wildman–Crippen MR) is 60.1 cm³/mol. The van der Waals surface area contributed by atoms with E-state index in [1.807, 2.05) is 0 Å². The Bertz CT molecular complexity index is 637. The first kappa shape index (κ1) is 11.7. The van der Waals surface area contributed by atoms with Crippen molar-refractivity contribution in [2.45, 2.75) is 4.90 Å². The highest BCUT2D eigenvalue weighted by molar-refractivity contribution is 7.86. The van der Waals surface area contributed by atoms with Crippen LogP contribution in [0, 0.1) is 5.82 Å². The lowest BCUT2D eigenvalue weighted by atomic mass is 10.1. The van der Waals surface area contributed by atoms with E-state index < -0.39 is 20.9 Å². The van der Waals surface area contributed by atoms with Gasteiger partial charge >= 0.3 is 10.2 Å². The summed E-state index contributed by atoms with van der Waals surface area (Å²) in [5.41, 5.74) is 0.469. The zero-order chi connectivity index (χ0) is 12.5. The van der Waals surface area contributed by atoms with E-state index in [1.165, 1.54) is 0 Å². The predicted octanol–water partition coefficient (Wildman–Crippen LogP) is 3.15. The minimum atomic E-state index is -4.87. The Morgan fingerprint density at radius 2 is 1.59 bits per heavy atom. The molecule has 17 heavy (non-hydrogen) atoms. The summed E-state index contributed by atoms with van der Waals surface area (Å²) >= 11 is 0. The zero-order valence-electron chi connectivity index (χ0n) is 8.60. The molecule has 0 aliphatic carbocycles. The van der Waals surface area contributed by atoms with Gasteiger partial charge in [0.05, 0.1) is 0 Å². The van der Waals surface area contributed by atoms with Crippen LogP contribution < -0.4 is 0 Å². The maximum Gasteiger partial charge on any atom is 0.332 e. The first-order valence-electron chi connectivity index (χ1n) is 4.78. The van der Waals surface area contributed by atoms with Crippen molar-refractivity contribution in [1.82, 2.24) is 0 Å². The number of halogens is 2. The fraction of sp³-hybridized carbons (Fsp3) is 0. The van der Waals surface area contributed by atoms with E-state index in [9.17, 15) is 16.7 Å². The maximum absolute atomic E-state index is 13.1. The van der Waals surface area contributed by atoms with Crippen LogP contribution in [0.3, 0.4) is 0 Å². The highest BCUT2D eigenvalue weighted by Crippen LogP contribution is 2.29. The number of rotatable bonds is 2. The average molecular weight is 254 g/mol. The average Bonchev–Trinajstić information content (AvgIpc) is 2.28. The Balaban J connectivity index is 2.72. The Morgan fingerprint density at radius 1 is 0.941 bits per heavy atom. The molecule has 0 heterocycles. The van der Waals surface area contributed by atoms with Crippen molar-refractivity contribution in [3.8, 4) is 11.1 Å². The van der Waals surface area contributed by atoms with Crippen molar-refractivity contribution in [3.05, 3.63) is 54.3 Å². The molecule has 0 spiro atoms. The monoisotopic (exact) mass is 254 g/mol. The van der Waals surface area contributed by atoms with Crippen LogP contribution in [0.4, 0.5) is 8.28 Å². The molecular weight excluding hydrogens is 246 g/mol. The molecule has 2 aromatic carbocycles. The molecule has 0 aliphatic heterocycles. The van der Waals surface area contributed by atoms with E-state index >= 15 is 0 Å². The zero-order valence-corrected chi connectivity index (χ0v) is 9.42. The van der Waals surface area contributed by atoms with Gasteiger partial charge in [-0.15, -0.1) is 3.89 Å². The Hall–Kier alpha value is -1.75. The number of benzene rings is 2. The molecule has 2 rings (SSSR count). The van der Waals surface area contributed by atoms with Crippen molar-refractivity contribution in [1.29, 1.82) is 0 Å². The molecule has 0 N–H and O–H groups in total. The Morgan fingerprint density at radius 3 is 2.18 bits per heavy atom. The van der Waals surface area contributed by atoms with E-state index in [-0.39, 0.29) is 5.56 Å². The third-order valence-electron chi connectivity index (χ3n) is 2.29. The lowest BCUT2D eigenvalue weighted by Gasteiger charge is -2.06. The quantitative estimate of drug-likeness (QED) is 0.771. The van der Waals surface area contributed by atoms with Crippen LogP contribution >= 0.6 is 0 Å². The fourth-order valence-electron chi connectivity index (χ4n) is 1.56. The highest BCUT2D eigenvalue weighted by atomic mass is 32.3. The molecule has 0 atom stereocenters. The van der Waals surface area contributed by atoms with Gasteiger partial charge in [-0.25, -0.2) is 4.39 Å². The molecule has 2 nitrogen and oxygen atoms in total. The Kier molecular flexibility index (Phi) is 2.93. The molecule has 5 heteroatoms. The Labute approximate surface area is 97.7 Å².